The minimum atomic E-state index is -0.279. The molecule has 2 saturated heterocycles. The van der Waals surface area contributed by atoms with Crippen LogP contribution in [-0.2, 0) is 4.79 Å². The molecule has 3 rings (SSSR count). The normalized spacial score (nSPS) is 27.2. The van der Waals surface area contributed by atoms with Crippen molar-refractivity contribution in [2.24, 2.45) is 0 Å². The van der Waals surface area contributed by atoms with Gasteiger partial charge in [0.2, 0.25) is 5.91 Å². The van der Waals surface area contributed by atoms with E-state index in [-0.39, 0.29) is 17.6 Å². The van der Waals surface area contributed by atoms with Gasteiger partial charge >= 0.3 is 0 Å². The molecule has 1 N–H and O–H groups in total. The highest BCUT2D eigenvalue weighted by Crippen LogP contribution is 2.24. The van der Waals surface area contributed by atoms with Gasteiger partial charge in [-0.15, -0.1) is 0 Å². The molecule has 0 saturated carbocycles. The predicted octanol–water partition coefficient (Wildman–Crippen LogP) is 2.28. The Kier molecular flexibility index (Phi) is 3.74. The Morgan fingerprint density at radius 2 is 2.15 bits per heavy atom. The highest BCUT2D eigenvalue weighted by Gasteiger charge is 2.32. The molecule has 2 aliphatic rings. The van der Waals surface area contributed by atoms with Crippen molar-refractivity contribution in [2.75, 3.05) is 13.1 Å². The van der Waals surface area contributed by atoms with Crippen molar-refractivity contribution in [2.45, 2.75) is 44.2 Å². The molecule has 4 heteroatoms. The van der Waals surface area contributed by atoms with Crippen LogP contribution >= 0.6 is 0 Å². The lowest BCUT2D eigenvalue weighted by Crippen LogP contribution is -2.40. The van der Waals surface area contributed by atoms with Crippen LogP contribution in [0.1, 0.15) is 37.7 Å². The Balaban J connectivity index is 1.71. The second-order valence-corrected chi connectivity index (χ2v) is 5.99. The van der Waals surface area contributed by atoms with E-state index in [0.717, 1.165) is 31.5 Å². The molecule has 2 fully saturated rings. The summed E-state index contributed by atoms with van der Waals surface area (Å²) in [5.74, 6) is -0.439. The molecule has 0 spiro atoms. The van der Waals surface area contributed by atoms with Gasteiger partial charge in [0.25, 0.3) is 0 Å². The van der Waals surface area contributed by atoms with Crippen molar-refractivity contribution >= 4 is 5.91 Å². The number of carbonyl (C=O) groups is 1. The van der Waals surface area contributed by atoms with Crippen molar-refractivity contribution in [3.63, 3.8) is 0 Å². The van der Waals surface area contributed by atoms with Crippen LogP contribution in [0.3, 0.4) is 0 Å². The van der Waals surface area contributed by atoms with Crippen molar-refractivity contribution in [1.29, 1.82) is 0 Å². The molecule has 3 nitrogen and oxygen atoms in total. The number of fused-ring (bicyclic) bond motifs is 2. The van der Waals surface area contributed by atoms with Crippen molar-refractivity contribution in [3.8, 4) is 0 Å². The van der Waals surface area contributed by atoms with Gasteiger partial charge in [0.1, 0.15) is 5.82 Å². The number of hydrogen-bond donors (Lipinski definition) is 1. The highest BCUT2D eigenvalue weighted by atomic mass is 19.1. The second-order valence-electron chi connectivity index (χ2n) is 5.99. The van der Waals surface area contributed by atoms with Gasteiger partial charge in [-0.25, -0.2) is 4.39 Å². The number of rotatable bonds is 2. The first-order chi connectivity index (χ1) is 9.63. The number of nitrogens with one attached hydrogen (secondary N) is 1. The average Bonchev–Trinajstić information content (AvgIpc) is 2.77. The summed E-state index contributed by atoms with van der Waals surface area (Å²) in [6.45, 7) is 3.47. The molecule has 0 radical (unpaired) electrons. The molecule has 1 aromatic rings. The van der Waals surface area contributed by atoms with Crippen LogP contribution < -0.4 is 5.32 Å². The first-order valence-corrected chi connectivity index (χ1v) is 7.44. The number of halogens is 1. The molecule has 2 aliphatic heterocycles. The summed E-state index contributed by atoms with van der Waals surface area (Å²) in [6, 6.07) is 7.38. The molecule has 1 amide bonds. The lowest BCUT2D eigenvalue weighted by atomic mass is 9.98. The third kappa shape index (κ3) is 2.70. The molecule has 108 valence electrons. The maximum Gasteiger partial charge on any atom is 0.229 e. The number of amides is 1. The second kappa shape index (κ2) is 5.52. The van der Waals surface area contributed by atoms with E-state index in [9.17, 15) is 9.18 Å². The van der Waals surface area contributed by atoms with E-state index in [4.69, 9.17) is 0 Å². The van der Waals surface area contributed by atoms with Crippen LogP contribution in [0, 0.1) is 5.82 Å². The van der Waals surface area contributed by atoms with E-state index in [1.807, 2.05) is 17.9 Å². The Hall–Kier alpha value is -1.42. The minimum absolute atomic E-state index is 0.116. The summed E-state index contributed by atoms with van der Waals surface area (Å²) in [5.41, 5.74) is 0.761. The van der Waals surface area contributed by atoms with E-state index in [1.54, 1.807) is 6.07 Å². The Morgan fingerprint density at radius 1 is 1.35 bits per heavy atom. The fourth-order valence-electron chi connectivity index (χ4n) is 3.34. The SMILES string of the molecule is CC(C(=O)N1CCC2CCC(C1)N2)c1cccc(F)c1. The monoisotopic (exact) mass is 276 g/mol. The predicted molar refractivity (Wildman–Crippen MR) is 76.0 cm³/mol. The van der Waals surface area contributed by atoms with Crippen LogP contribution in [0.25, 0.3) is 0 Å². The van der Waals surface area contributed by atoms with Crippen molar-refractivity contribution in [1.82, 2.24) is 10.2 Å². The van der Waals surface area contributed by atoms with Gasteiger partial charge in [0.15, 0.2) is 0 Å². The fraction of sp³-hybridized carbons (Fsp3) is 0.562. The van der Waals surface area contributed by atoms with Crippen LogP contribution in [0.4, 0.5) is 4.39 Å². The smallest absolute Gasteiger partial charge is 0.229 e. The zero-order valence-corrected chi connectivity index (χ0v) is 11.8. The number of likely N-dealkylation sites (tertiary alicyclic amines) is 1. The van der Waals surface area contributed by atoms with Crippen molar-refractivity contribution in [3.05, 3.63) is 35.6 Å². The number of carbonyl (C=O) groups excluding carboxylic acids is 1. The molecular formula is C16H21FN2O. The third-order valence-corrected chi connectivity index (χ3v) is 4.55. The molecule has 2 heterocycles. The van der Waals surface area contributed by atoms with Gasteiger partial charge in [-0.3, -0.25) is 4.79 Å². The van der Waals surface area contributed by atoms with E-state index >= 15 is 0 Å². The Bertz CT molecular complexity index is 505. The quantitative estimate of drug-likeness (QED) is 0.899. The Labute approximate surface area is 119 Å². The third-order valence-electron chi connectivity index (χ3n) is 4.55. The van der Waals surface area contributed by atoms with Gasteiger partial charge in [-0.05, 0) is 43.9 Å². The average molecular weight is 276 g/mol. The standard InChI is InChI=1S/C16H21FN2O/c1-11(12-3-2-4-13(17)9-12)16(20)19-8-7-14-5-6-15(10-19)18-14/h2-4,9,11,14-15,18H,5-8,10H2,1H3. The van der Waals surface area contributed by atoms with Gasteiger partial charge in [0, 0.05) is 25.2 Å². The first-order valence-electron chi connectivity index (χ1n) is 7.44. The molecule has 1 aromatic carbocycles. The molecule has 20 heavy (non-hydrogen) atoms. The summed E-state index contributed by atoms with van der Waals surface area (Å²) in [4.78, 5) is 14.6. The van der Waals surface area contributed by atoms with Crippen LogP contribution in [0.5, 0.6) is 0 Å². The van der Waals surface area contributed by atoms with E-state index in [0.29, 0.717) is 12.1 Å². The number of benzene rings is 1. The number of hydrogen-bond acceptors (Lipinski definition) is 2. The van der Waals surface area contributed by atoms with Gasteiger partial charge in [0.05, 0.1) is 5.92 Å². The van der Waals surface area contributed by atoms with Crippen molar-refractivity contribution < 1.29 is 9.18 Å². The molecule has 0 aliphatic carbocycles. The van der Waals surface area contributed by atoms with Gasteiger partial charge in [-0.2, -0.15) is 0 Å². The minimum Gasteiger partial charge on any atom is -0.341 e. The van der Waals surface area contributed by atoms with Gasteiger partial charge in [-0.1, -0.05) is 12.1 Å². The maximum atomic E-state index is 13.3. The summed E-state index contributed by atoms with van der Waals surface area (Å²) in [7, 11) is 0. The molecule has 3 atom stereocenters. The lowest BCUT2D eigenvalue weighted by Gasteiger charge is -2.27. The maximum absolute atomic E-state index is 13.3. The summed E-state index contributed by atoms with van der Waals surface area (Å²) >= 11 is 0. The molecule has 0 aromatic heterocycles. The zero-order valence-electron chi connectivity index (χ0n) is 11.8. The van der Waals surface area contributed by atoms with E-state index < -0.39 is 0 Å². The van der Waals surface area contributed by atoms with E-state index in [2.05, 4.69) is 5.32 Å². The summed E-state index contributed by atoms with van der Waals surface area (Å²) in [5, 5.41) is 3.57. The van der Waals surface area contributed by atoms with Gasteiger partial charge < -0.3 is 10.2 Å². The molecular weight excluding hydrogens is 255 g/mol. The van der Waals surface area contributed by atoms with Crippen LogP contribution in [0.15, 0.2) is 24.3 Å². The topological polar surface area (TPSA) is 32.3 Å². The number of nitrogens with zero attached hydrogens (tertiary/aromatic N) is 1. The Morgan fingerprint density at radius 3 is 2.95 bits per heavy atom. The van der Waals surface area contributed by atoms with E-state index in [1.165, 1.54) is 18.6 Å². The molecule has 2 bridgehead atoms. The molecule has 3 unspecified atom stereocenters. The first kappa shape index (κ1) is 13.6. The fourth-order valence-corrected chi connectivity index (χ4v) is 3.34. The zero-order chi connectivity index (χ0) is 14.1. The summed E-state index contributed by atoms with van der Waals surface area (Å²) < 4.78 is 13.3. The highest BCUT2D eigenvalue weighted by molar-refractivity contribution is 5.83. The largest absolute Gasteiger partial charge is 0.341 e. The van der Waals surface area contributed by atoms with Crippen LogP contribution in [0.2, 0.25) is 0 Å². The summed E-state index contributed by atoms with van der Waals surface area (Å²) in [6.07, 6.45) is 3.41. The lowest BCUT2D eigenvalue weighted by molar-refractivity contribution is -0.132. The van der Waals surface area contributed by atoms with Crippen LogP contribution in [-0.4, -0.2) is 36.0 Å².